The van der Waals surface area contributed by atoms with E-state index in [1.807, 2.05) is 48.5 Å². The fourth-order valence-corrected chi connectivity index (χ4v) is 3.94. The molecule has 4 N–H and O–H groups in total. The number of anilines is 2. The number of unbranched alkanes of at least 4 members (excludes halogenated alkanes) is 7. The van der Waals surface area contributed by atoms with Gasteiger partial charge in [0.1, 0.15) is 0 Å². The molecule has 0 aliphatic heterocycles. The van der Waals surface area contributed by atoms with Crippen molar-refractivity contribution in [3.05, 3.63) is 57.5 Å². The van der Waals surface area contributed by atoms with Gasteiger partial charge >= 0.3 is 12.1 Å². The Balaban J connectivity index is 1.37. The van der Waals surface area contributed by atoms with E-state index in [-0.39, 0.29) is 12.1 Å². The van der Waals surface area contributed by atoms with Gasteiger partial charge in [-0.3, -0.25) is 0 Å². The van der Waals surface area contributed by atoms with Gasteiger partial charge in [0.15, 0.2) is 0 Å². The number of amides is 4. The van der Waals surface area contributed by atoms with Crippen molar-refractivity contribution in [2.75, 3.05) is 23.7 Å². The highest BCUT2D eigenvalue weighted by Gasteiger charge is 2.04. The van der Waals surface area contributed by atoms with Crippen molar-refractivity contribution in [2.24, 2.45) is 0 Å². The van der Waals surface area contributed by atoms with Crippen LogP contribution >= 0.6 is 31.9 Å². The molecule has 0 atom stereocenters. The van der Waals surface area contributed by atoms with E-state index in [0.717, 1.165) is 46.0 Å². The minimum Gasteiger partial charge on any atom is -0.338 e. The molecule has 0 fully saturated rings. The van der Waals surface area contributed by atoms with Crippen LogP contribution in [0.5, 0.6) is 0 Å². The van der Waals surface area contributed by atoms with Gasteiger partial charge in [0.25, 0.3) is 0 Å². The van der Waals surface area contributed by atoms with E-state index in [9.17, 15) is 9.59 Å². The van der Waals surface area contributed by atoms with Gasteiger partial charge in [-0.15, -0.1) is 0 Å². The lowest BCUT2D eigenvalue weighted by Crippen LogP contribution is -2.29. The molecule has 0 saturated carbocycles. The Bertz CT molecular complexity index is 779. The number of nitrogens with one attached hydrogen (secondary N) is 4. The highest BCUT2D eigenvalue weighted by molar-refractivity contribution is 9.11. The van der Waals surface area contributed by atoms with E-state index in [1.165, 1.54) is 25.7 Å². The maximum absolute atomic E-state index is 11.9. The summed E-state index contributed by atoms with van der Waals surface area (Å²) in [6, 6.07) is 14.8. The van der Waals surface area contributed by atoms with Crippen LogP contribution in [0.4, 0.5) is 21.0 Å². The summed E-state index contributed by atoms with van der Waals surface area (Å²) >= 11 is 6.83. The number of hydrogen-bond donors (Lipinski definition) is 4. The molecule has 2 aromatic rings. The second-order valence-electron chi connectivity index (χ2n) is 7.55. The zero-order chi connectivity index (χ0) is 23.0. The Morgan fingerprint density at radius 2 is 0.906 bits per heavy atom. The average Bonchev–Trinajstić information content (AvgIpc) is 2.77. The van der Waals surface area contributed by atoms with E-state index in [1.54, 1.807) is 0 Å². The van der Waals surface area contributed by atoms with Crippen molar-refractivity contribution in [3.63, 3.8) is 0 Å². The summed E-state index contributed by atoms with van der Waals surface area (Å²) in [5.41, 5.74) is 1.54. The first kappa shape index (κ1) is 26.2. The van der Waals surface area contributed by atoms with Gasteiger partial charge in [-0.05, 0) is 69.0 Å². The lowest BCUT2D eigenvalue weighted by atomic mass is 10.1. The summed E-state index contributed by atoms with van der Waals surface area (Å²) in [6.07, 6.45) is 8.98. The molecule has 8 heteroatoms. The Morgan fingerprint density at radius 1 is 0.562 bits per heavy atom. The van der Waals surface area contributed by atoms with Crippen LogP contribution in [0.1, 0.15) is 51.4 Å². The van der Waals surface area contributed by atoms with Crippen LogP contribution in [-0.2, 0) is 0 Å². The molecular formula is C24H32Br2N4O2. The van der Waals surface area contributed by atoms with Gasteiger partial charge in [-0.2, -0.15) is 0 Å². The van der Waals surface area contributed by atoms with Gasteiger partial charge < -0.3 is 21.3 Å². The lowest BCUT2D eigenvalue weighted by Gasteiger charge is -2.09. The van der Waals surface area contributed by atoms with E-state index in [2.05, 4.69) is 53.1 Å². The summed E-state index contributed by atoms with van der Waals surface area (Å²) in [5, 5.41) is 11.5. The lowest BCUT2D eigenvalue weighted by molar-refractivity contribution is 0.251. The normalized spacial score (nSPS) is 10.4. The number of carbonyl (C=O) groups is 2. The maximum atomic E-state index is 11.9. The van der Waals surface area contributed by atoms with Crippen molar-refractivity contribution in [1.29, 1.82) is 0 Å². The molecule has 0 aliphatic carbocycles. The molecule has 174 valence electrons. The molecule has 0 unspecified atom stereocenters. The molecule has 0 saturated heterocycles. The van der Waals surface area contributed by atoms with Crippen molar-refractivity contribution < 1.29 is 9.59 Å². The molecule has 0 aliphatic rings. The van der Waals surface area contributed by atoms with Crippen LogP contribution in [0.2, 0.25) is 0 Å². The second kappa shape index (κ2) is 15.7. The highest BCUT2D eigenvalue weighted by atomic mass is 79.9. The molecule has 0 heterocycles. The Kier molecular flexibility index (Phi) is 12.8. The topological polar surface area (TPSA) is 82.3 Å². The van der Waals surface area contributed by atoms with Crippen molar-refractivity contribution in [2.45, 2.75) is 51.4 Å². The van der Waals surface area contributed by atoms with Crippen LogP contribution < -0.4 is 21.3 Å². The zero-order valence-corrected chi connectivity index (χ0v) is 21.4. The molecule has 0 spiro atoms. The quantitative estimate of drug-likeness (QED) is 0.192. The first-order valence-corrected chi connectivity index (χ1v) is 12.7. The summed E-state index contributed by atoms with van der Waals surface area (Å²) < 4.78 is 1.74. The Hall–Kier alpha value is -2.06. The predicted octanol–water partition coefficient (Wildman–Crippen LogP) is 7.28. The van der Waals surface area contributed by atoms with Crippen molar-refractivity contribution in [1.82, 2.24) is 10.6 Å². The standard InChI is InChI=1S/C24H32Br2N4O2/c25-19-13-7-9-15-21(19)29-23(31)27-17-11-5-3-1-2-4-6-12-18-28-24(32)30-22-16-10-8-14-20(22)26/h7-10,13-16H,1-6,11-12,17-18H2,(H2,27,29,31)(H2,28,30,32). The predicted molar refractivity (Wildman–Crippen MR) is 139 cm³/mol. The molecular weight excluding hydrogens is 536 g/mol. The molecule has 6 nitrogen and oxygen atoms in total. The number of benzene rings is 2. The van der Waals surface area contributed by atoms with Crippen LogP contribution in [0.3, 0.4) is 0 Å². The van der Waals surface area contributed by atoms with Crippen LogP contribution in [0.25, 0.3) is 0 Å². The van der Waals surface area contributed by atoms with Gasteiger partial charge in [0, 0.05) is 22.0 Å². The first-order valence-electron chi connectivity index (χ1n) is 11.1. The minimum absolute atomic E-state index is 0.171. The smallest absolute Gasteiger partial charge is 0.319 e. The van der Waals surface area contributed by atoms with E-state index in [0.29, 0.717) is 13.1 Å². The van der Waals surface area contributed by atoms with Gasteiger partial charge in [-0.1, -0.05) is 62.8 Å². The Morgan fingerprint density at radius 3 is 1.28 bits per heavy atom. The van der Waals surface area contributed by atoms with E-state index < -0.39 is 0 Å². The minimum atomic E-state index is -0.171. The highest BCUT2D eigenvalue weighted by Crippen LogP contribution is 2.21. The molecule has 2 rings (SSSR count). The number of hydrogen-bond acceptors (Lipinski definition) is 2. The first-order chi connectivity index (χ1) is 15.6. The van der Waals surface area contributed by atoms with Crippen molar-refractivity contribution >= 4 is 55.3 Å². The van der Waals surface area contributed by atoms with Gasteiger partial charge in [0.2, 0.25) is 0 Å². The largest absolute Gasteiger partial charge is 0.338 e. The Labute approximate surface area is 207 Å². The third kappa shape index (κ3) is 11.0. The third-order valence-electron chi connectivity index (χ3n) is 4.92. The SMILES string of the molecule is O=C(NCCCCCCCCCCNC(=O)Nc1ccccc1Br)Nc1ccccc1Br. The fraction of sp³-hybridized carbons (Fsp3) is 0.417. The summed E-state index contributed by atoms with van der Waals surface area (Å²) in [5.74, 6) is 0. The van der Waals surface area contributed by atoms with Crippen LogP contribution in [-0.4, -0.2) is 25.2 Å². The second-order valence-corrected chi connectivity index (χ2v) is 9.26. The summed E-state index contributed by atoms with van der Waals surface area (Å²) in [4.78, 5) is 23.8. The van der Waals surface area contributed by atoms with E-state index in [4.69, 9.17) is 0 Å². The zero-order valence-electron chi connectivity index (χ0n) is 18.3. The maximum Gasteiger partial charge on any atom is 0.319 e. The average molecular weight is 568 g/mol. The van der Waals surface area contributed by atoms with Crippen molar-refractivity contribution in [3.8, 4) is 0 Å². The van der Waals surface area contributed by atoms with E-state index >= 15 is 0 Å². The summed E-state index contributed by atoms with van der Waals surface area (Å²) in [7, 11) is 0. The molecule has 0 aromatic heterocycles. The molecule has 32 heavy (non-hydrogen) atoms. The number of carbonyl (C=O) groups excluding carboxylic acids is 2. The molecule has 2 aromatic carbocycles. The van der Waals surface area contributed by atoms with Crippen LogP contribution in [0, 0.1) is 0 Å². The van der Waals surface area contributed by atoms with Gasteiger partial charge in [0.05, 0.1) is 11.4 Å². The third-order valence-corrected chi connectivity index (χ3v) is 6.30. The number of rotatable bonds is 13. The summed E-state index contributed by atoms with van der Waals surface area (Å²) in [6.45, 7) is 1.37. The molecule has 0 bridgehead atoms. The fourth-order valence-electron chi connectivity index (χ4n) is 3.17. The number of urea groups is 2. The van der Waals surface area contributed by atoms with Gasteiger partial charge in [-0.25, -0.2) is 9.59 Å². The number of halogens is 2. The monoisotopic (exact) mass is 566 g/mol. The molecule has 0 radical (unpaired) electrons. The molecule has 4 amide bonds. The van der Waals surface area contributed by atoms with Crippen LogP contribution in [0.15, 0.2) is 57.5 Å². The number of para-hydroxylation sites is 2.